The Hall–Kier alpha value is -3.72. The molecule has 3 aromatic rings. The van der Waals surface area contributed by atoms with Crippen LogP contribution in [0.25, 0.3) is 11.1 Å². The lowest BCUT2D eigenvalue weighted by Crippen LogP contribution is -2.37. The predicted octanol–water partition coefficient (Wildman–Crippen LogP) is 5.00. The van der Waals surface area contributed by atoms with Crippen molar-refractivity contribution in [3.05, 3.63) is 77.4 Å². The fourth-order valence-electron chi connectivity index (χ4n) is 3.85. The van der Waals surface area contributed by atoms with Crippen molar-refractivity contribution < 1.29 is 37.3 Å². The molecule has 0 unspecified atom stereocenters. The standard InChI is InChI=1S/C27H26F3NO5/c1-27(30)16-34-23-9-7-20(14-24(23)36-27)21-13-19(6-8-22(21)35-26(28)29)12-17-2-4-18(5-3-17)15-31-25(33)10-11-32/h2-9,13-14,26,32H,10-12,15-16H2,1H3,(H,31,33)/t27-/m0/s1. The minimum Gasteiger partial charge on any atom is -0.483 e. The van der Waals surface area contributed by atoms with Crippen LogP contribution in [-0.4, -0.2) is 36.7 Å². The summed E-state index contributed by atoms with van der Waals surface area (Å²) in [5, 5.41) is 11.5. The molecule has 36 heavy (non-hydrogen) atoms. The van der Waals surface area contributed by atoms with Crippen molar-refractivity contribution >= 4 is 5.91 Å². The molecule has 0 aliphatic carbocycles. The molecule has 0 radical (unpaired) electrons. The number of hydrogen-bond donors (Lipinski definition) is 2. The number of benzene rings is 3. The second-order valence-electron chi connectivity index (χ2n) is 8.61. The largest absolute Gasteiger partial charge is 0.483 e. The van der Waals surface area contributed by atoms with E-state index < -0.39 is 12.5 Å². The molecule has 4 rings (SSSR count). The van der Waals surface area contributed by atoms with Gasteiger partial charge in [-0.05, 0) is 52.9 Å². The SMILES string of the molecule is C[C@@]1(F)COc2ccc(-c3cc(Cc4ccc(CNC(=O)CCO)cc4)ccc3OC(F)F)cc2O1. The van der Waals surface area contributed by atoms with Crippen LogP contribution in [0.1, 0.15) is 30.0 Å². The molecule has 0 spiro atoms. The van der Waals surface area contributed by atoms with Crippen LogP contribution in [-0.2, 0) is 17.8 Å². The third kappa shape index (κ3) is 6.48. The van der Waals surface area contributed by atoms with E-state index in [1.54, 1.807) is 30.3 Å². The summed E-state index contributed by atoms with van der Waals surface area (Å²) in [5.41, 5.74) is 3.66. The Morgan fingerprint density at radius 3 is 2.50 bits per heavy atom. The fourth-order valence-corrected chi connectivity index (χ4v) is 3.85. The number of ether oxygens (including phenoxy) is 3. The summed E-state index contributed by atoms with van der Waals surface area (Å²) >= 11 is 0. The average Bonchev–Trinajstić information content (AvgIpc) is 2.83. The van der Waals surface area contributed by atoms with Gasteiger partial charge in [-0.25, -0.2) is 0 Å². The number of halogens is 3. The van der Waals surface area contributed by atoms with Gasteiger partial charge in [0.25, 0.3) is 5.85 Å². The molecule has 1 aliphatic rings. The van der Waals surface area contributed by atoms with E-state index in [1.165, 1.54) is 13.0 Å². The van der Waals surface area contributed by atoms with Crippen LogP contribution in [0.15, 0.2) is 60.7 Å². The van der Waals surface area contributed by atoms with E-state index in [0.29, 0.717) is 29.8 Å². The number of nitrogens with one attached hydrogen (secondary N) is 1. The highest BCUT2D eigenvalue weighted by Crippen LogP contribution is 2.41. The normalized spacial score (nSPS) is 16.6. The van der Waals surface area contributed by atoms with Gasteiger partial charge in [0.2, 0.25) is 5.91 Å². The molecule has 0 fully saturated rings. The summed E-state index contributed by atoms with van der Waals surface area (Å²) in [7, 11) is 0. The second kappa shape index (κ2) is 10.9. The molecule has 0 saturated carbocycles. The molecule has 3 aromatic carbocycles. The molecule has 2 N–H and O–H groups in total. The molecule has 190 valence electrons. The zero-order chi connectivity index (χ0) is 25.7. The Morgan fingerprint density at radius 1 is 1.06 bits per heavy atom. The number of aliphatic hydroxyl groups excluding tert-OH is 1. The number of rotatable bonds is 9. The fraction of sp³-hybridized carbons (Fsp3) is 0.296. The zero-order valence-electron chi connectivity index (χ0n) is 19.6. The van der Waals surface area contributed by atoms with Crippen molar-refractivity contribution in [1.29, 1.82) is 0 Å². The van der Waals surface area contributed by atoms with Crippen molar-refractivity contribution in [2.75, 3.05) is 13.2 Å². The van der Waals surface area contributed by atoms with Crippen LogP contribution in [0.4, 0.5) is 13.2 Å². The van der Waals surface area contributed by atoms with Crippen molar-refractivity contribution in [2.45, 2.75) is 38.8 Å². The monoisotopic (exact) mass is 501 g/mol. The first kappa shape index (κ1) is 25.4. The summed E-state index contributed by atoms with van der Waals surface area (Å²) in [6, 6.07) is 17.4. The minimum atomic E-state index is -3.01. The van der Waals surface area contributed by atoms with Gasteiger partial charge in [0, 0.05) is 25.5 Å². The van der Waals surface area contributed by atoms with Gasteiger partial charge in [-0.2, -0.15) is 13.2 Å². The van der Waals surface area contributed by atoms with Crippen LogP contribution in [0, 0.1) is 0 Å². The Labute approximate surface area is 206 Å². The molecule has 0 aromatic heterocycles. The highest BCUT2D eigenvalue weighted by atomic mass is 19.3. The van der Waals surface area contributed by atoms with E-state index in [9.17, 15) is 18.0 Å². The summed E-state index contributed by atoms with van der Waals surface area (Å²) in [6.45, 7) is -1.85. The molecule has 1 heterocycles. The lowest BCUT2D eigenvalue weighted by molar-refractivity contribution is -0.121. The van der Waals surface area contributed by atoms with Gasteiger partial charge in [0.05, 0.1) is 6.61 Å². The maximum atomic E-state index is 14.3. The highest BCUT2D eigenvalue weighted by molar-refractivity contribution is 5.76. The van der Waals surface area contributed by atoms with E-state index in [-0.39, 0.29) is 37.0 Å². The Balaban J connectivity index is 1.56. The molecule has 1 atom stereocenters. The van der Waals surface area contributed by atoms with Crippen molar-refractivity contribution in [3.63, 3.8) is 0 Å². The first-order chi connectivity index (χ1) is 17.2. The molecular formula is C27H26F3NO5. The van der Waals surface area contributed by atoms with Crippen LogP contribution in [0.3, 0.4) is 0 Å². The molecule has 0 bridgehead atoms. The minimum absolute atomic E-state index is 0.0117. The maximum Gasteiger partial charge on any atom is 0.387 e. The number of alkyl halides is 3. The molecule has 1 aliphatic heterocycles. The second-order valence-corrected chi connectivity index (χ2v) is 8.61. The first-order valence-electron chi connectivity index (χ1n) is 11.4. The molecule has 6 nitrogen and oxygen atoms in total. The van der Waals surface area contributed by atoms with E-state index in [0.717, 1.165) is 16.7 Å². The summed E-state index contributed by atoms with van der Waals surface area (Å²) < 4.78 is 55.9. The zero-order valence-corrected chi connectivity index (χ0v) is 19.6. The lowest BCUT2D eigenvalue weighted by atomic mass is 9.97. The molecule has 9 heteroatoms. The third-order valence-corrected chi connectivity index (χ3v) is 5.58. The number of fused-ring (bicyclic) bond motifs is 1. The van der Waals surface area contributed by atoms with Crippen LogP contribution in [0.2, 0.25) is 0 Å². The van der Waals surface area contributed by atoms with Crippen LogP contribution >= 0.6 is 0 Å². The van der Waals surface area contributed by atoms with Gasteiger partial charge in [-0.15, -0.1) is 0 Å². The van der Waals surface area contributed by atoms with Crippen molar-refractivity contribution in [3.8, 4) is 28.4 Å². The predicted molar refractivity (Wildman–Crippen MR) is 127 cm³/mol. The quantitative estimate of drug-likeness (QED) is 0.432. The summed E-state index contributed by atoms with van der Waals surface area (Å²) in [5.74, 6) is -1.69. The summed E-state index contributed by atoms with van der Waals surface area (Å²) in [4.78, 5) is 11.5. The van der Waals surface area contributed by atoms with Gasteiger partial charge in [-0.1, -0.05) is 36.4 Å². The Kier molecular flexibility index (Phi) is 7.69. The van der Waals surface area contributed by atoms with Crippen molar-refractivity contribution in [1.82, 2.24) is 5.32 Å². The number of amides is 1. The molecule has 1 amide bonds. The number of carbonyl (C=O) groups is 1. The van der Waals surface area contributed by atoms with E-state index in [2.05, 4.69) is 5.32 Å². The number of hydrogen-bond acceptors (Lipinski definition) is 5. The van der Waals surface area contributed by atoms with Crippen LogP contribution < -0.4 is 19.5 Å². The van der Waals surface area contributed by atoms with Gasteiger partial charge >= 0.3 is 6.61 Å². The van der Waals surface area contributed by atoms with E-state index in [1.807, 2.05) is 24.3 Å². The van der Waals surface area contributed by atoms with Crippen molar-refractivity contribution in [2.24, 2.45) is 0 Å². The Morgan fingerprint density at radius 2 is 1.78 bits per heavy atom. The van der Waals surface area contributed by atoms with Gasteiger partial charge < -0.3 is 24.6 Å². The third-order valence-electron chi connectivity index (χ3n) is 5.58. The highest BCUT2D eigenvalue weighted by Gasteiger charge is 2.32. The molecule has 0 saturated heterocycles. The maximum absolute atomic E-state index is 14.3. The number of carbonyl (C=O) groups excluding carboxylic acids is 1. The average molecular weight is 502 g/mol. The first-order valence-corrected chi connectivity index (χ1v) is 11.4. The summed E-state index contributed by atoms with van der Waals surface area (Å²) in [6.07, 6.45) is 0.578. The van der Waals surface area contributed by atoms with Gasteiger partial charge in [0.15, 0.2) is 18.1 Å². The van der Waals surface area contributed by atoms with Gasteiger partial charge in [0.1, 0.15) is 5.75 Å². The molecular weight excluding hydrogens is 475 g/mol. The van der Waals surface area contributed by atoms with Gasteiger partial charge in [-0.3, -0.25) is 4.79 Å². The van der Waals surface area contributed by atoms with E-state index >= 15 is 0 Å². The Bertz CT molecular complexity index is 1210. The smallest absolute Gasteiger partial charge is 0.387 e. The van der Waals surface area contributed by atoms with E-state index in [4.69, 9.17) is 19.3 Å². The van der Waals surface area contributed by atoms with Crippen LogP contribution in [0.5, 0.6) is 17.2 Å². The lowest BCUT2D eigenvalue weighted by Gasteiger charge is -2.29. The topological polar surface area (TPSA) is 77.0 Å². The number of aliphatic hydroxyl groups is 1.